The number of aryl methyl sites for hydroxylation is 1. The Morgan fingerprint density at radius 3 is 2.67 bits per heavy atom. The molecule has 0 amide bonds. The first-order valence-corrected chi connectivity index (χ1v) is 6.62. The Kier molecular flexibility index (Phi) is 7.10. The number of aromatic nitrogens is 2. The van der Waals surface area contributed by atoms with E-state index < -0.39 is 0 Å². The highest BCUT2D eigenvalue weighted by molar-refractivity contribution is 5.38. The fourth-order valence-corrected chi connectivity index (χ4v) is 1.40. The molecule has 0 fully saturated rings. The molecule has 0 spiro atoms. The van der Waals surface area contributed by atoms with Crippen LogP contribution in [-0.4, -0.2) is 36.3 Å². The van der Waals surface area contributed by atoms with Crippen molar-refractivity contribution < 1.29 is 9.47 Å². The Bertz CT molecular complexity index is 345. The van der Waals surface area contributed by atoms with Gasteiger partial charge in [0.1, 0.15) is 18.2 Å². The van der Waals surface area contributed by atoms with Crippen LogP contribution in [0.15, 0.2) is 6.07 Å². The third kappa shape index (κ3) is 5.31. The molecule has 0 aromatic carbocycles. The molecule has 0 saturated carbocycles. The van der Waals surface area contributed by atoms with Crippen molar-refractivity contribution in [1.29, 1.82) is 0 Å². The molecule has 1 rings (SSSR count). The van der Waals surface area contributed by atoms with Crippen molar-refractivity contribution in [3.05, 3.63) is 11.9 Å². The normalized spacial score (nSPS) is 10.4. The van der Waals surface area contributed by atoms with Crippen LogP contribution in [0, 0.1) is 0 Å². The second kappa shape index (κ2) is 8.69. The van der Waals surface area contributed by atoms with E-state index in [1.807, 2.05) is 19.9 Å². The number of nitrogens with zero attached hydrogens (tertiary/aromatic N) is 2. The molecule has 0 aliphatic heterocycles. The monoisotopic (exact) mass is 253 g/mol. The van der Waals surface area contributed by atoms with Crippen LogP contribution >= 0.6 is 0 Å². The Morgan fingerprint density at radius 1 is 1.17 bits per heavy atom. The minimum absolute atomic E-state index is 0.515. The lowest BCUT2D eigenvalue weighted by molar-refractivity contribution is 0.108. The molecule has 0 aliphatic carbocycles. The Balaban J connectivity index is 2.58. The maximum Gasteiger partial charge on any atom is 0.218 e. The first-order valence-electron chi connectivity index (χ1n) is 6.62. The van der Waals surface area contributed by atoms with E-state index in [0.717, 1.165) is 31.0 Å². The molecule has 0 aliphatic rings. The highest BCUT2D eigenvalue weighted by Gasteiger charge is 2.04. The van der Waals surface area contributed by atoms with Crippen molar-refractivity contribution in [2.24, 2.45) is 0 Å². The highest BCUT2D eigenvalue weighted by Crippen LogP contribution is 2.14. The highest BCUT2D eigenvalue weighted by atomic mass is 16.5. The Labute approximate surface area is 109 Å². The van der Waals surface area contributed by atoms with Gasteiger partial charge in [-0.15, -0.1) is 0 Å². The van der Waals surface area contributed by atoms with Crippen LogP contribution in [0.1, 0.15) is 33.0 Å². The molecule has 0 atom stereocenters. The van der Waals surface area contributed by atoms with Gasteiger partial charge in [-0.05, 0) is 13.3 Å². The lowest BCUT2D eigenvalue weighted by atomic mass is 10.4. The molecular weight excluding hydrogens is 230 g/mol. The molecule has 18 heavy (non-hydrogen) atoms. The van der Waals surface area contributed by atoms with E-state index in [2.05, 4.69) is 22.2 Å². The lowest BCUT2D eigenvalue weighted by Gasteiger charge is -2.10. The average molecular weight is 253 g/mol. The summed E-state index contributed by atoms with van der Waals surface area (Å²) in [4.78, 5) is 8.73. The molecule has 0 unspecified atom stereocenters. The molecule has 0 saturated heterocycles. The number of rotatable bonds is 9. The number of ether oxygens (including phenoxy) is 2. The predicted octanol–water partition coefficient (Wildman–Crippen LogP) is 2.28. The first-order chi connectivity index (χ1) is 8.80. The van der Waals surface area contributed by atoms with Gasteiger partial charge in [-0.2, -0.15) is 4.98 Å². The van der Waals surface area contributed by atoms with Gasteiger partial charge in [0.15, 0.2) is 0 Å². The van der Waals surface area contributed by atoms with Gasteiger partial charge in [-0.1, -0.05) is 13.8 Å². The minimum atomic E-state index is 0.515. The van der Waals surface area contributed by atoms with E-state index in [9.17, 15) is 0 Å². The van der Waals surface area contributed by atoms with Crippen molar-refractivity contribution in [2.75, 3.05) is 31.7 Å². The average Bonchev–Trinajstić information content (AvgIpc) is 2.41. The molecule has 102 valence electrons. The van der Waals surface area contributed by atoms with Crippen LogP contribution < -0.4 is 10.1 Å². The molecule has 0 radical (unpaired) electrons. The SMILES string of the molecule is CCCNc1cc(OCCOCC)nc(CC)n1. The summed E-state index contributed by atoms with van der Waals surface area (Å²) in [6, 6.07) is 1.83. The molecule has 1 heterocycles. The topological polar surface area (TPSA) is 56.3 Å². The molecule has 1 aromatic heterocycles. The summed E-state index contributed by atoms with van der Waals surface area (Å²) in [5, 5.41) is 3.25. The molecule has 5 nitrogen and oxygen atoms in total. The van der Waals surface area contributed by atoms with Crippen molar-refractivity contribution in [3.63, 3.8) is 0 Å². The van der Waals surface area contributed by atoms with Gasteiger partial charge in [0.05, 0.1) is 6.61 Å². The van der Waals surface area contributed by atoms with Gasteiger partial charge in [0, 0.05) is 25.6 Å². The predicted molar refractivity (Wildman–Crippen MR) is 72.2 cm³/mol. The summed E-state index contributed by atoms with van der Waals surface area (Å²) in [6.45, 7) is 8.82. The fraction of sp³-hybridized carbons (Fsp3) is 0.692. The maximum atomic E-state index is 5.56. The zero-order chi connectivity index (χ0) is 13.2. The number of hydrogen-bond donors (Lipinski definition) is 1. The van der Waals surface area contributed by atoms with Crippen LogP contribution in [0.2, 0.25) is 0 Å². The van der Waals surface area contributed by atoms with Crippen LogP contribution in [0.25, 0.3) is 0 Å². The van der Waals surface area contributed by atoms with Gasteiger partial charge in [-0.3, -0.25) is 0 Å². The molecule has 1 N–H and O–H groups in total. The Morgan fingerprint density at radius 2 is 2.00 bits per heavy atom. The molecule has 0 bridgehead atoms. The second-order valence-electron chi connectivity index (χ2n) is 3.83. The number of nitrogens with one attached hydrogen (secondary N) is 1. The maximum absolute atomic E-state index is 5.56. The summed E-state index contributed by atoms with van der Waals surface area (Å²) < 4.78 is 10.8. The van der Waals surface area contributed by atoms with E-state index in [1.54, 1.807) is 0 Å². The molecule has 5 heteroatoms. The van der Waals surface area contributed by atoms with E-state index in [4.69, 9.17) is 9.47 Å². The van der Waals surface area contributed by atoms with Crippen LogP contribution in [0.3, 0.4) is 0 Å². The summed E-state index contributed by atoms with van der Waals surface area (Å²) in [6.07, 6.45) is 1.86. The molecular formula is C13H23N3O2. The lowest BCUT2D eigenvalue weighted by Crippen LogP contribution is -2.10. The summed E-state index contributed by atoms with van der Waals surface area (Å²) in [7, 11) is 0. The van der Waals surface area contributed by atoms with E-state index in [-0.39, 0.29) is 0 Å². The van der Waals surface area contributed by atoms with Crippen molar-refractivity contribution in [3.8, 4) is 5.88 Å². The fourth-order valence-electron chi connectivity index (χ4n) is 1.40. The van der Waals surface area contributed by atoms with Gasteiger partial charge in [-0.25, -0.2) is 4.98 Å². The zero-order valence-corrected chi connectivity index (χ0v) is 11.5. The standard InChI is InChI=1S/C13H23N3O2/c1-4-7-14-12-10-13(16-11(5-2)15-12)18-9-8-17-6-3/h10H,4-9H2,1-3H3,(H,14,15,16). The van der Waals surface area contributed by atoms with Gasteiger partial charge >= 0.3 is 0 Å². The van der Waals surface area contributed by atoms with Crippen molar-refractivity contribution >= 4 is 5.82 Å². The molecule has 1 aromatic rings. The number of hydrogen-bond acceptors (Lipinski definition) is 5. The zero-order valence-electron chi connectivity index (χ0n) is 11.5. The third-order valence-corrected chi connectivity index (χ3v) is 2.30. The smallest absolute Gasteiger partial charge is 0.218 e. The summed E-state index contributed by atoms with van der Waals surface area (Å²) in [5.74, 6) is 2.23. The second-order valence-corrected chi connectivity index (χ2v) is 3.83. The Hall–Kier alpha value is -1.36. The van der Waals surface area contributed by atoms with Gasteiger partial charge in [0.2, 0.25) is 5.88 Å². The van der Waals surface area contributed by atoms with Gasteiger partial charge in [0.25, 0.3) is 0 Å². The third-order valence-electron chi connectivity index (χ3n) is 2.30. The number of anilines is 1. The van der Waals surface area contributed by atoms with E-state index >= 15 is 0 Å². The summed E-state index contributed by atoms with van der Waals surface area (Å²) >= 11 is 0. The van der Waals surface area contributed by atoms with Crippen molar-refractivity contribution in [1.82, 2.24) is 9.97 Å². The van der Waals surface area contributed by atoms with Crippen LogP contribution in [0.5, 0.6) is 5.88 Å². The minimum Gasteiger partial charge on any atom is -0.475 e. The first kappa shape index (κ1) is 14.7. The van der Waals surface area contributed by atoms with E-state index in [1.165, 1.54) is 0 Å². The quantitative estimate of drug-likeness (QED) is 0.684. The summed E-state index contributed by atoms with van der Waals surface area (Å²) in [5.41, 5.74) is 0. The van der Waals surface area contributed by atoms with Crippen LogP contribution in [-0.2, 0) is 11.2 Å². The van der Waals surface area contributed by atoms with Crippen molar-refractivity contribution in [2.45, 2.75) is 33.6 Å². The van der Waals surface area contributed by atoms with E-state index in [0.29, 0.717) is 25.7 Å². The van der Waals surface area contributed by atoms with Crippen LogP contribution in [0.4, 0.5) is 5.82 Å². The van der Waals surface area contributed by atoms with Gasteiger partial charge < -0.3 is 14.8 Å². The largest absolute Gasteiger partial charge is 0.475 e.